The summed E-state index contributed by atoms with van der Waals surface area (Å²) in [6.07, 6.45) is 6.33. The van der Waals surface area contributed by atoms with Gasteiger partial charge in [-0.1, -0.05) is 210 Å². The molecule has 0 spiro atoms. The number of para-hydroxylation sites is 2. The van der Waals surface area contributed by atoms with E-state index >= 15 is 0 Å². The van der Waals surface area contributed by atoms with Gasteiger partial charge >= 0.3 is 0 Å². The standard InChI is InChI=1S/C99H94N2O7/c1-5-94(59-102-60-94)56-55-70-27-33-73(34-28-70)98(74-35-47-83(48-36-74)106-67-95(6-2)61-103-62-95)90-25-17-15-23-86(90)88-53-45-81(57-92(88)98)100(77-19-11-9-12-20-77)79-41-29-71(30-42-79)72-31-43-80(44-32-72)101(78-21-13-10-14-22-78)82-46-54-89-87-24-16-18-26-91(87)99(93(89)58-82,75-37-49-84(50-38-75)107-68-96(7-3)63-104-64-96)76-39-51-85(52-40-76)108-69-97(8-4)65-105-66-97/h9-54,57-58H,5-8,55-56,59-69H2,1-4H3. The summed E-state index contributed by atoms with van der Waals surface area (Å²) in [4.78, 5) is 4.82. The minimum atomic E-state index is -0.701. The van der Waals surface area contributed by atoms with Gasteiger partial charge in [0.25, 0.3) is 0 Å². The Balaban J connectivity index is 0.690. The van der Waals surface area contributed by atoms with Crippen molar-refractivity contribution in [1.29, 1.82) is 0 Å². The van der Waals surface area contributed by atoms with Crippen LogP contribution in [-0.4, -0.2) is 72.7 Å². The van der Waals surface area contributed by atoms with E-state index in [2.05, 4.69) is 329 Å². The molecule has 9 heteroatoms. The lowest BCUT2D eigenvalue weighted by Crippen LogP contribution is -2.46. The second-order valence-corrected chi connectivity index (χ2v) is 31.5. The van der Waals surface area contributed by atoms with Gasteiger partial charge in [-0.15, -0.1) is 0 Å². The highest BCUT2D eigenvalue weighted by molar-refractivity contribution is 5.92. The van der Waals surface area contributed by atoms with Gasteiger partial charge in [0.05, 0.1) is 99.8 Å². The molecule has 0 bridgehead atoms. The Morgan fingerprint density at radius 2 is 0.574 bits per heavy atom. The van der Waals surface area contributed by atoms with E-state index < -0.39 is 10.8 Å². The van der Waals surface area contributed by atoms with Gasteiger partial charge in [-0.3, -0.25) is 0 Å². The van der Waals surface area contributed by atoms with Gasteiger partial charge in [-0.05, 0) is 231 Å². The van der Waals surface area contributed by atoms with Crippen LogP contribution >= 0.6 is 0 Å². The van der Waals surface area contributed by atoms with Crippen LogP contribution in [0.15, 0.2) is 291 Å². The molecule has 18 rings (SSSR count). The molecular weight excluding hydrogens is 1330 g/mol. The van der Waals surface area contributed by atoms with E-state index in [1.165, 1.54) is 61.2 Å². The molecule has 1 unspecified atom stereocenters. The van der Waals surface area contributed by atoms with Crippen LogP contribution in [-0.2, 0) is 36.2 Å². The predicted octanol–water partition coefficient (Wildman–Crippen LogP) is 22.8. The van der Waals surface area contributed by atoms with Crippen molar-refractivity contribution in [3.8, 4) is 50.6 Å². The van der Waals surface area contributed by atoms with Crippen LogP contribution in [0.2, 0.25) is 0 Å². The van der Waals surface area contributed by atoms with E-state index in [9.17, 15) is 0 Å². The van der Waals surface area contributed by atoms with E-state index in [-0.39, 0.29) is 21.7 Å². The fraction of sp³-hybridized carbons (Fsp3) is 0.273. The van der Waals surface area contributed by atoms with Crippen LogP contribution in [0.25, 0.3) is 33.4 Å². The van der Waals surface area contributed by atoms with E-state index in [1.807, 2.05) is 0 Å². The molecule has 2 aliphatic carbocycles. The molecule has 0 amide bonds. The summed E-state index contributed by atoms with van der Waals surface area (Å²) in [5.74, 6) is 2.58. The maximum absolute atomic E-state index is 6.60. The lowest BCUT2D eigenvalue weighted by Gasteiger charge is -2.41. The van der Waals surface area contributed by atoms with Gasteiger partial charge in [0.15, 0.2) is 0 Å². The zero-order chi connectivity index (χ0) is 72.9. The largest absolute Gasteiger partial charge is 0.493 e. The Hall–Kier alpha value is -10.5. The van der Waals surface area contributed by atoms with E-state index in [4.69, 9.17) is 33.2 Å². The van der Waals surface area contributed by atoms with E-state index in [0.717, 1.165) is 165 Å². The van der Waals surface area contributed by atoms with Crippen molar-refractivity contribution in [3.63, 3.8) is 0 Å². The Morgan fingerprint density at radius 1 is 0.278 bits per heavy atom. The topological polar surface area (TPSA) is 71.1 Å². The van der Waals surface area contributed by atoms with E-state index in [0.29, 0.717) is 19.8 Å². The molecule has 0 saturated carbocycles. The highest BCUT2D eigenvalue weighted by Crippen LogP contribution is 2.60. The summed E-state index contributed by atoms with van der Waals surface area (Å²) >= 11 is 0. The molecule has 0 N–H and O–H groups in total. The second-order valence-electron chi connectivity index (χ2n) is 31.5. The molecule has 6 aliphatic rings. The minimum Gasteiger partial charge on any atom is -0.493 e. The van der Waals surface area contributed by atoms with Crippen molar-refractivity contribution in [1.82, 2.24) is 0 Å². The fourth-order valence-electron chi connectivity index (χ4n) is 17.7. The van der Waals surface area contributed by atoms with Crippen molar-refractivity contribution < 1.29 is 33.2 Å². The molecule has 0 aromatic heterocycles. The zero-order valence-corrected chi connectivity index (χ0v) is 62.5. The number of rotatable bonds is 27. The Labute approximate surface area is 636 Å². The van der Waals surface area contributed by atoms with Crippen LogP contribution in [0.3, 0.4) is 0 Å². The smallest absolute Gasteiger partial charge is 0.119 e. The second kappa shape index (κ2) is 28.6. The number of nitrogens with zero attached hydrogens (tertiary/aromatic N) is 2. The monoisotopic (exact) mass is 1420 g/mol. The molecule has 12 aromatic rings. The molecule has 4 heterocycles. The lowest BCUT2D eigenvalue weighted by atomic mass is 9.67. The predicted molar refractivity (Wildman–Crippen MR) is 435 cm³/mol. The van der Waals surface area contributed by atoms with Gasteiger partial charge in [-0.2, -0.15) is 0 Å². The average molecular weight is 1420 g/mol. The van der Waals surface area contributed by atoms with Gasteiger partial charge < -0.3 is 43.0 Å². The molecular formula is C99H94N2O7. The third-order valence-corrected chi connectivity index (χ3v) is 25.3. The van der Waals surface area contributed by atoms with Gasteiger partial charge in [-0.25, -0.2) is 0 Å². The molecule has 4 aliphatic heterocycles. The number of fused-ring (bicyclic) bond motifs is 6. The Bertz CT molecular complexity index is 4670. The Kier molecular flexibility index (Phi) is 18.3. The molecule has 542 valence electrons. The SMILES string of the molecule is CCC1(CCc2ccc(C3(c4ccc(OCC5(CC)COC5)cc4)c4ccccc4-c4ccc(N(c5ccccc5)c5ccc(-c6ccc(N(c7ccccc7)c7ccc8c(c7)C(c7ccc(OCC9(CC)COC9)cc7)(c7ccc(OCC9(CC)COC9)cc7)c7ccccc7-8)cc6)cc5)cc43)cc2)COC1. The molecule has 9 nitrogen and oxygen atoms in total. The fourth-order valence-corrected chi connectivity index (χ4v) is 17.7. The first-order valence-corrected chi connectivity index (χ1v) is 39.1. The first-order valence-electron chi connectivity index (χ1n) is 39.1. The summed E-state index contributed by atoms with van der Waals surface area (Å²) in [5.41, 5.74) is 23.7. The number of aryl methyl sites for hydroxylation is 1. The number of ether oxygens (including phenoxy) is 7. The lowest BCUT2D eigenvalue weighted by molar-refractivity contribution is -0.133. The quantitative estimate of drug-likeness (QED) is 0.0501. The van der Waals surface area contributed by atoms with Crippen LogP contribution in [0.1, 0.15) is 110 Å². The first kappa shape index (κ1) is 69.2. The average Bonchev–Trinajstić information content (AvgIpc) is 1.54. The maximum Gasteiger partial charge on any atom is 0.119 e. The number of benzene rings is 12. The van der Waals surface area contributed by atoms with Crippen LogP contribution < -0.4 is 24.0 Å². The first-order chi connectivity index (χ1) is 53.1. The van der Waals surface area contributed by atoms with Crippen molar-refractivity contribution in [2.24, 2.45) is 21.7 Å². The van der Waals surface area contributed by atoms with E-state index in [1.54, 1.807) is 0 Å². The normalized spacial score (nSPS) is 18.1. The van der Waals surface area contributed by atoms with Gasteiger partial charge in [0.1, 0.15) is 17.2 Å². The molecule has 12 aromatic carbocycles. The van der Waals surface area contributed by atoms with Crippen molar-refractivity contribution in [2.75, 3.05) is 82.5 Å². The summed E-state index contributed by atoms with van der Waals surface area (Å²) in [7, 11) is 0. The number of anilines is 6. The highest BCUT2D eigenvalue weighted by atomic mass is 16.5. The molecule has 4 saturated heterocycles. The Morgan fingerprint density at radius 3 is 0.898 bits per heavy atom. The maximum atomic E-state index is 6.60. The van der Waals surface area contributed by atoms with Crippen molar-refractivity contribution >= 4 is 34.1 Å². The van der Waals surface area contributed by atoms with Crippen LogP contribution in [0, 0.1) is 21.7 Å². The summed E-state index contributed by atoms with van der Waals surface area (Å²) in [5, 5.41) is 0. The van der Waals surface area contributed by atoms with Crippen LogP contribution in [0.5, 0.6) is 17.2 Å². The summed E-state index contributed by atoms with van der Waals surface area (Å²) < 4.78 is 42.6. The third-order valence-electron chi connectivity index (χ3n) is 25.3. The minimum absolute atomic E-state index is 0.0556. The molecule has 4 fully saturated rings. The van der Waals surface area contributed by atoms with Gasteiger partial charge in [0.2, 0.25) is 0 Å². The van der Waals surface area contributed by atoms with Gasteiger partial charge in [0, 0.05) is 39.5 Å². The summed E-state index contributed by atoms with van der Waals surface area (Å²) in [6, 6.07) is 108. The molecule has 1 atom stereocenters. The number of hydrogen-bond donors (Lipinski definition) is 0. The van der Waals surface area contributed by atoms with Crippen LogP contribution in [0.4, 0.5) is 34.1 Å². The molecule has 0 radical (unpaired) electrons. The van der Waals surface area contributed by atoms with Crippen molar-refractivity contribution in [3.05, 3.63) is 341 Å². The third kappa shape index (κ3) is 12.1. The summed E-state index contributed by atoms with van der Waals surface area (Å²) in [6.45, 7) is 17.0. The highest BCUT2D eigenvalue weighted by Gasteiger charge is 2.49. The van der Waals surface area contributed by atoms with Crippen molar-refractivity contribution in [2.45, 2.75) is 77.0 Å². The zero-order valence-electron chi connectivity index (χ0n) is 62.5. The number of hydrogen-bond acceptors (Lipinski definition) is 9. The molecule has 108 heavy (non-hydrogen) atoms.